The van der Waals surface area contributed by atoms with Crippen LogP contribution in [0.25, 0.3) is 0 Å². The first-order valence-electron chi connectivity index (χ1n) is 11.9. The molecule has 2 bridgehead atoms. The lowest BCUT2D eigenvalue weighted by Crippen LogP contribution is -2.70. The zero-order valence-corrected chi connectivity index (χ0v) is 20.9. The predicted molar refractivity (Wildman–Crippen MR) is 124 cm³/mol. The van der Waals surface area contributed by atoms with Gasteiger partial charge in [-0.25, -0.2) is 14.6 Å². The summed E-state index contributed by atoms with van der Waals surface area (Å²) in [6, 6.07) is 7.14. The SMILES string of the molecule is C[C@H]1[C@H](OCCNC(=O)Nc2ccc(Br)cc2)O[C@@H]2O[C@]3(C)CC[C@H]4[C@H](C)CC[C@@H]1[C@@]24OO3. The number of nitrogens with one attached hydrogen (secondary N) is 2. The minimum Gasteiger partial charge on any atom is -0.350 e. The summed E-state index contributed by atoms with van der Waals surface area (Å²) in [5, 5.41) is 5.64. The second-order valence-corrected chi connectivity index (χ2v) is 10.9. The van der Waals surface area contributed by atoms with Gasteiger partial charge in [-0.3, -0.25) is 0 Å². The maximum absolute atomic E-state index is 12.2. The maximum Gasteiger partial charge on any atom is 0.319 e. The Morgan fingerprint density at radius 3 is 2.73 bits per heavy atom. The quantitative estimate of drug-likeness (QED) is 0.425. The molecular weight excluding hydrogens is 492 g/mol. The third-order valence-electron chi connectivity index (χ3n) is 7.87. The van der Waals surface area contributed by atoms with Crippen LogP contribution in [0, 0.1) is 23.7 Å². The lowest BCUT2D eigenvalue weighted by molar-refractivity contribution is -0.577. The normalized spacial score (nSPS) is 41.7. The summed E-state index contributed by atoms with van der Waals surface area (Å²) in [4.78, 5) is 24.2. The largest absolute Gasteiger partial charge is 0.350 e. The molecule has 4 heterocycles. The van der Waals surface area contributed by atoms with Crippen molar-refractivity contribution in [3.05, 3.63) is 28.7 Å². The molecule has 182 valence electrons. The van der Waals surface area contributed by atoms with E-state index in [1.165, 1.54) is 0 Å². The van der Waals surface area contributed by atoms with E-state index in [-0.39, 0.29) is 17.9 Å². The van der Waals surface area contributed by atoms with E-state index >= 15 is 0 Å². The molecule has 1 aliphatic carbocycles. The van der Waals surface area contributed by atoms with E-state index < -0.39 is 24.0 Å². The van der Waals surface area contributed by atoms with Crippen molar-refractivity contribution >= 4 is 27.6 Å². The molecule has 0 unspecified atom stereocenters. The van der Waals surface area contributed by atoms with E-state index in [4.69, 9.17) is 24.0 Å². The third kappa shape index (κ3) is 4.32. The highest BCUT2D eigenvalue weighted by atomic mass is 79.9. The molecule has 0 aromatic heterocycles. The first-order valence-corrected chi connectivity index (χ1v) is 12.7. The number of urea groups is 1. The van der Waals surface area contributed by atoms with Gasteiger partial charge in [-0.2, -0.15) is 0 Å². The van der Waals surface area contributed by atoms with Crippen molar-refractivity contribution in [3.63, 3.8) is 0 Å². The highest BCUT2D eigenvalue weighted by molar-refractivity contribution is 9.10. The fourth-order valence-electron chi connectivity index (χ4n) is 6.11. The van der Waals surface area contributed by atoms with Crippen LogP contribution in [0.2, 0.25) is 0 Å². The lowest BCUT2D eigenvalue weighted by Gasteiger charge is -2.60. The Labute approximate surface area is 203 Å². The Morgan fingerprint density at radius 1 is 1.15 bits per heavy atom. The summed E-state index contributed by atoms with van der Waals surface area (Å²) >= 11 is 3.38. The molecular formula is C24H33BrN2O6. The van der Waals surface area contributed by atoms with Gasteiger partial charge in [0.05, 0.1) is 6.61 Å². The first-order chi connectivity index (χ1) is 15.8. The highest BCUT2D eigenvalue weighted by Gasteiger charge is 2.69. The van der Waals surface area contributed by atoms with Crippen molar-refractivity contribution in [2.24, 2.45) is 23.7 Å². The molecule has 1 aromatic carbocycles. The molecule has 8 atom stereocenters. The van der Waals surface area contributed by atoms with Crippen molar-refractivity contribution in [2.75, 3.05) is 18.5 Å². The Kier molecular flexibility index (Phi) is 6.48. The number of anilines is 1. The van der Waals surface area contributed by atoms with Crippen LogP contribution in [0.15, 0.2) is 28.7 Å². The van der Waals surface area contributed by atoms with Crippen LogP contribution in [0.1, 0.15) is 46.5 Å². The van der Waals surface area contributed by atoms with Gasteiger partial charge in [0.25, 0.3) is 0 Å². The molecule has 2 N–H and O–H groups in total. The van der Waals surface area contributed by atoms with Crippen LogP contribution in [0.3, 0.4) is 0 Å². The zero-order chi connectivity index (χ0) is 23.2. The Bertz CT molecular complexity index is 871. The van der Waals surface area contributed by atoms with Crippen LogP contribution >= 0.6 is 15.9 Å². The van der Waals surface area contributed by atoms with E-state index in [2.05, 4.69) is 40.4 Å². The zero-order valence-electron chi connectivity index (χ0n) is 19.3. The van der Waals surface area contributed by atoms with Crippen molar-refractivity contribution in [2.45, 2.75) is 70.4 Å². The fourth-order valence-corrected chi connectivity index (χ4v) is 6.38. The highest BCUT2D eigenvalue weighted by Crippen LogP contribution is 2.60. The van der Waals surface area contributed by atoms with Crippen LogP contribution in [-0.2, 0) is 24.0 Å². The molecule has 8 nitrogen and oxygen atoms in total. The van der Waals surface area contributed by atoms with Gasteiger partial charge in [0.1, 0.15) is 0 Å². The monoisotopic (exact) mass is 524 g/mol. The van der Waals surface area contributed by atoms with Crippen molar-refractivity contribution < 1.29 is 28.8 Å². The van der Waals surface area contributed by atoms with Crippen molar-refractivity contribution in [1.29, 1.82) is 0 Å². The third-order valence-corrected chi connectivity index (χ3v) is 8.40. The van der Waals surface area contributed by atoms with Crippen LogP contribution in [-0.4, -0.2) is 43.2 Å². The minimum atomic E-state index is -0.796. The second kappa shape index (κ2) is 9.09. The average Bonchev–Trinajstić information content (AvgIpc) is 3.02. The number of halogens is 1. The number of benzene rings is 1. The molecule has 33 heavy (non-hydrogen) atoms. The average molecular weight is 525 g/mol. The van der Waals surface area contributed by atoms with Crippen LogP contribution in [0.4, 0.5) is 10.5 Å². The fraction of sp³-hybridized carbons (Fsp3) is 0.708. The van der Waals surface area contributed by atoms with Crippen molar-refractivity contribution in [1.82, 2.24) is 5.32 Å². The minimum absolute atomic E-state index is 0.113. The molecule has 4 saturated heterocycles. The standard InChI is InChI=1S/C24H33BrN2O6/c1-14-4-9-19-15(2)20(29-13-12-26-22(28)27-17-7-5-16(25)6-8-17)30-21-24(19)18(14)10-11-23(3,31-21)32-33-24/h5-8,14-15,18-21H,4,9-13H2,1-3H3,(H2,26,27,28)/t14-,15-,18+,19+,20-,21-,23+,24-/m1/s1. The van der Waals surface area contributed by atoms with Gasteiger partial charge >= 0.3 is 6.03 Å². The smallest absolute Gasteiger partial charge is 0.319 e. The maximum atomic E-state index is 12.2. The molecule has 5 aliphatic rings. The van der Waals surface area contributed by atoms with Gasteiger partial charge in [0.2, 0.25) is 5.79 Å². The summed E-state index contributed by atoms with van der Waals surface area (Å²) in [6.45, 7) is 7.08. The number of carbonyl (C=O) groups is 1. The predicted octanol–water partition coefficient (Wildman–Crippen LogP) is 4.80. The van der Waals surface area contributed by atoms with Crippen LogP contribution < -0.4 is 10.6 Å². The number of fused-ring (bicyclic) bond motifs is 2. The summed E-state index contributed by atoms with van der Waals surface area (Å²) in [6.07, 6.45) is 3.01. The number of amides is 2. The molecule has 1 saturated carbocycles. The van der Waals surface area contributed by atoms with E-state index in [9.17, 15) is 4.79 Å². The summed E-state index contributed by atoms with van der Waals surface area (Å²) in [7, 11) is 0. The second-order valence-electron chi connectivity index (χ2n) is 10.0. The van der Waals surface area contributed by atoms with Gasteiger partial charge in [-0.1, -0.05) is 29.8 Å². The number of hydrogen-bond donors (Lipinski definition) is 2. The summed E-state index contributed by atoms with van der Waals surface area (Å²) in [5.74, 6) is 0.396. The Hall–Kier alpha value is -1.23. The van der Waals surface area contributed by atoms with E-state index in [1.807, 2.05) is 31.2 Å². The molecule has 6 rings (SSSR count). The summed E-state index contributed by atoms with van der Waals surface area (Å²) < 4.78 is 19.8. The molecule has 4 aliphatic heterocycles. The van der Waals surface area contributed by atoms with E-state index in [1.54, 1.807) is 0 Å². The number of hydrogen-bond acceptors (Lipinski definition) is 6. The van der Waals surface area contributed by atoms with E-state index in [0.29, 0.717) is 25.0 Å². The van der Waals surface area contributed by atoms with Gasteiger partial charge in [0, 0.05) is 35.0 Å². The Balaban J connectivity index is 1.19. The molecule has 5 fully saturated rings. The van der Waals surface area contributed by atoms with Crippen molar-refractivity contribution in [3.8, 4) is 0 Å². The summed E-state index contributed by atoms with van der Waals surface area (Å²) in [5.41, 5.74) is 0.138. The first kappa shape index (κ1) is 23.5. The molecule has 1 spiro atoms. The molecule has 9 heteroatoms. The number of carbonyl (C=O) groups excluding carboxylic acids is 1. The Morgan fingerprint density at radius 2 is 1.94 bits per heavy atom. The van der Waals surface area contributed by atoms with Crippen LogP contribution in [0.5, 0.6) is 0 Å². The molecule has 1 aromatic rings. The number of ether oxygens (including phenoxy) is 3. The van der Waals surface area contributed by atoms with E-state index in [0.717, 1.165) is 35.8 Å². The molecule has 0 radical (unpaired) electrons. The topological polar surface area (TPSA) is 87.3 Å². The van der Waals surface area contributed by atoms with Gasteiger partial charge in [0.15, 0.2) is 18.2 Å². The van der Waals surface area contributed by atoms with Gasteiger partial charge in [-0.05, 0) is 62.3 Å². The lowest BCUT2D eigenvalue weighted by atomic mass is 9.58. The van der Waals surface area contributed by atoms with Gasteiger partial charge in [-0.15, -0.1) is 0 Å². The molecule has 2 amide bonds. The number of rotatable bonds is 5. The van der Waals surface area contributed by atoms with Gasteiger partial charge < -0.3 is 24.8 Å².